The van der Waals surface area contributed by atoms with E-state index in [-0.39, 0.29) is 23.0 Å². The number of aromatic nitrogens is 1. The third-order valence-corrected chi connectivity index (χ3v) is 5.44. The minimum absolute atomic E-state index is 0.0921. The molecule has 0 aliphatic carbocycles. The van der Waals surface area contributed by atoms with Crippen LogP contribution >= 0.6 is 11.3 Å². The van der Waals surface area contributed by atoms with Gasteiger partial charge in [0.25, 0.3) is 0 Å². The Labute approximate surface area is 153 Å². The summed E-state index contributed by atoms with van der Waals surface area (Å²) in [6.07, 6.45) is 1.65. The molecule has 0 radical (unpaired) electrons. The minimum Gasteiger partial charge on any atom is -0.379 e. The number of nitrogens with zero attached hydrogens (tertiary/aromatic N) is 1. The van der Waals surface area contributed by atoms with Crippen molar-refractivity contribution in [2.45, 2.75) is 11.3 Å². The van der Waals surface area contributed by atoms with E-state index in [1.807, 2.05) is 0 Å². The molecular formula is C17H13FN2O4S2. The number of nitrogens with one attached hydrogen (secondary N) is 1. The van der Waals surface area contributed by atoms with Crippen molar-refractivity contribution in [1.29, 1.82) is 0 Å². The number of carbonyl (C=O) groups excluding carboxylic acids is 1. The summed E-state index contributed by atoms with van der Waals surface area (Å²) in [5.74, 6) is -0.690. The number of anilines is 1. The largest absolute Gasteiger partial charge is 0.379 e. The number of halogens is 1. The molecule has 0 atom stereocenters. The van der Waals surface area contributed by atoms with Gasteiger partial charge in [0.2, 0.25) is 5.91 Å². The first-order valence-corrected chi connectivity index (χ1v) is 9.61. The molecule has 3 rings (SSSR count). The summed E-state index contributed by atoms with van der Waals surface area (Å²) >= 11 is 1.19. The SMILES string of the molecule is C=CCC(=O)Nc1nc2ccc(OS(=O)(=O)c3ccc(F)cc3)cc2s1. The lowest BCUT2D eigenvalue weighted by Gasteiger charge is -2.06. The molecule has 1 aromatic heterocycles. The van der Waals surface area contributed by atoms with Crippen molar-refractivity contribution in [2.75, 3.05) is 5.32 Å². The van der Waals surface area contributed by atoms with Crippen molar-refractivity contribution >= 4 is 42.7 Å². The second-order valence-corrected chi connectivity index (χ2v) is 7.76. The first-order chi connectivity index (χ1) is 12.4. The quantitative estimate of drug-likeness (QED) is 0.510. The van der Waals surface area contributed by atoms with Crippen molar-refractivity contribution in [3.05, 3.63) is 60.9 Å². The summed E-state index contributed by atoms with van der Waals surface area (Å²) in [7, 11) is -4.08. The first-order valence-electron chi connectivity index (χ1n) is 7.39. The monoisotopic (exact) mass is 392 g/mol. The third kappa shape index (κ3) is 4.06. The number of carbonyl (C=O) groups is 1. The fraction of sp³-hybridized carbons (Fsp3) is 0.0588. The second kappa shape index (κ2) is 7.22. The molecule has 9 heteroatoms. The molecule has 0 unspecified atom stereocenters. The molecule has 0 aliphatic rings. The van der Waals surface area contributed by atoms with E-state index in [9.17, 15) is 17.6 Å². The van der Waals surface area contributed by atoms with Gasteiger partial charge in [0, 0.05) is 12.5 Å². The average molecular weight is 392 g/mol. The van der Waals surface area contributed by atoms with Gasteiger partial charge in [-0.25, -0.2) is 9.37 Å². The number of thiazole rings is 1. The van der Waals surface area contributed by atoms with Gasteiger partial charge in [-0.05, 0) is 36.4 Å². The maximum absolute atomic E-state index is 12.9. The molecule has 1 amide bonds. The van der Waals surface area contributed by atoms with E-state index >= 15 is 0 Å². The van der Waals surface area contributed by atoms with Crippen molar-refractivity contribution < 1.29 is 21.8 Å². The third-order valence-electron chi connectivity index (χ3n) is 3.24. The van der Waals surface area contributed by atoms with Gasteiger partial charge in [0.15, 0.2) is 5.13 Å². The predicted octanol–water partition coefficient (Wildman–Crippen LogP) is 3.72. The highest BCUT2D eigenvalue weighted by molar-refractivity contribution is 7.87. The molecule has 0 aliphatic heterocycles. The number of hydrogen-bond donors (Lipinski definition) is 1. The van der Waals surface area contributed by atoms with Gasteiger partial charge in [-0.1, -0.05) is 17.4 Å². The van der Waals surface area contributed by atoms with Crippen LogP contribution in [0.5, 0.6) is 5.75 Å². The predicted molar refractivity (Wildman–Crippen MR) is 97.3 cm³/mol. The molecule has 3 aromatic rings. The van der Waals surface area contributed by atoms with Crippen molar-refractivity contribution in [2.24, 2.45) is 0 Å². The number of rotatable bonds is 6. The standard InChI is InChI=1S/C17H13FN2O4S2/c1-2-3-16(21)20-17-19-14-9-6-12(10-15(14)25-17)24-26(22,23)13-7-4-11(18)5-8-13/h2,4-10H,1,3H2,(H,19,20,21). The van der Waals surface area contributed by atoms with E-state index in [4.69, 9.17) is 4.18 Å². The molecule has 1 N–H and O–H groups in total. The van der Waals surface area contributed by atoms with Crippen LogP contribution < -0.4 is 9.50 Å². The van der Waals surface area contributed by atoms with Crippen molar-refractivity contribution in [3.63, 3.8) is 0 Å². The fourth-order valence-electron chi connectivity index (χ4n) is 2.09. The lowest BCUT2D eigenvalue weighted by Crippen LogP contribution is -2.09. The zero-order valence-corrected chi connectivity index (χ0v) is 14.9. The van der Waals surface area contributed by atoms with E-state index in [2.05, 4.69) is 16.9 Å². The molecule has 6 nitrogen and oxygen atoms in total. The van der Waals surface area contributed by atoms with Crippen molar-refractivity contribution in [1.82, 2.24) is 4.98 Å². The number of benzene rings is 2. The van der Waals surface area contributed by atoms with E-state index in [0.717, 1.165) is 24.3 Å². The van der Waals surface area contributed by atoms with Gasteiger partial charge in [-0.2, -0.15) is 8.42 Å². The summed E-state index contributed by atoms with van der Waals surface area (Å²) in [4.78, 5) is 15.7. The molecule has 1 heterocycles. The topological polar surface area (TPSA) is 85.4 Å². The Morgan fingerprint density at radius 3 is 2.69 bits per heavy atom. The summed E-state index contributed by atoms with van der Waals surface area (Å²) < 4.78 is 43.2. The van der Waals surface area contributed by atoms with E-state index < -0.39 is 15.9 Å². The van der Waals surface area contributed by atoms with Crippen LogP contribution in [0.25, 0.3) is 10.2 Å². The molecule has 0 saturated heterocycles. The lowest BCUT2D eigenvalue weighted by atomic mass is 10.3. The summed E-state index contributed by atoms with van der Waals surface area (Å²) in [6.45, 7) is 3.49. The first kappa shape index (κ1) is 18.0. The zero-order chi connectivity index (χ0) is 18.7. The highest BCUT2D eigenvalue weighted by Crippen LogP contribution is 2.30. The van der Waals surface area contributed by atoms with Crippen LogP contribution in [0.4, 0.5) is 9.52 Å². The molecule has 134 valence electrons. The Bertz CT molecular complexity index is 1080. The highest BCUT2D eigenvalue weighted by atomic mass is 32.2. The van der Waals surface area contributed by atoms with Crippen LogP contribution in [-0.4, -0.2) is 19.3 Å². The fourth-order valence-corrected chi connectivity index (χ4v) is 3.92. The minimum atomic E-state index is -4.08. The van der Waals surface area contributed by atoms with Crippen LogP contribution in [0.15, 0.2) is 60.0 Å². The zero-order valence-electron chi connectivity index (χ0n) is 13.3. The molecule has 0 saturated carbocycles. The molecule has 2 aromatic carbocycles. The molecule has 0 bridgehead atoms. The average Bonchev–Trinajstić information content (AvgIpc) is 2.96. The normalized spacial score (nSPS) is 11.3. The van der Waals surface area contributed by atoms with Gasteiger partial charge >= 0.3 is 10.1 Å². The van der Waals surface area contributed by atoms with Crippen LogP contribution in [0.2, 0.25) is 0 Å². The van der Waals surface area contributed by atoms with Gasteiger partial charge in [-0.3, -0.25) is 4.79 Å². The maximum Gasteiger partial charge on any atom is 0.339 e. The Morgan fingerprint density at radius 1 is 1.27 bits per heavy atom. The number of hydrogen-bond acceptors (Lipinski definition) is 6. The Balaban J connectivity index is 1.83. The van der Waals surface area contributed by atoms with Crippen LogP contribution in [0.1, 0.15) is 6.42 Å². The van der Waals surface area contributed by atoms with Gasteiger partial charge in [0.05, 0.1) is 10.2 Å². The van der Waals surface area contributed by atoms with Gasteiger partial charge in [-0.15, -0.1) is 6.58 Å². The van der Waals surface area contributed by atoms with Crippen molar-refractivity contribution in [3.8, 4) is 5.75 Å². The van der Waals surface area contributed by atoms with E-state index in [1.165, 1.54) is 29.5 Å². The van der Waals surface area contributed by atoms with Gasteiger partial charge < -0.3 is 9.50 Å². The Morgan fingerprint density at radius 2 is 2.00 bits per heavy atom. The van der Waals surface area contributed by atoms with E-state index in [0.29, 0.717) is 15.3 Å². The van der Waals surface area contributed by atoms with E-state index in [1.54, 1.807) is 6.07 Å². The Kier molecular flexibility index (Phi) is 5.01. The number of amides is 1. The lowest BCUT2D eigenvalue weighted by molar-refractivity contribution is -0.115. The maximum atomic E-state index is 12.9. The van der Waals surface area contributed by atoms with Crippen LogP contribution in [0.3, 0.4) is 0 Å². The molecule has 0 fully saturated rings. The second-order valence-electron chi connectivity index (χ2n) is 5.18. The van der Waals surface area contributed by atoms with Crippen LogP contribution in [0, 0.1) is 5.82 Å². The van der Waals surface area contributed by atoms with Crippen LogP contribution in [-0.2, 0) is 14.9 Å². The molecule has 0 spiro atoms. The summed E-state index contributed by atoms with van der Waals surface area (Å²) in [5, 5.41) is 3.03. The molecule has 26 heavy (non-hydrogen) atoms. The highest BCUT2D eigenvalue weighted by Gasteiger charge is 2.17. The van der Waals surface area contributed by atoms with Gasteiger partial charge in [0.1, 0.15) is 16.5 Å². The molecular weight excluding hydrogens is 379 g/mol. The Hall–Kier alpha value is -2.78. The number of fused-ring (bicyclic) bond motifs is 1. The summed E-state index contributed by atoms with van der Waals surface area (Å²) in [6, 6.07) is 8.90. The summed E-state index contributed by atoms with van der Waals surface area (Å²) in [5.41, 5.74) is 0.593. The smallest absolute Gasteiger partial charge is 0.339 e.